The number of Topliss-reactive ketones (excluding diaryl/α,β-unsaturated/α-hetero) is 1. The van der Waals surface area contributed by atoms with E-state index in [1.165, 1.54) is 6.92 Å². The summed E-state index contributed by atoms with van der Waals surface area (Å²) in [7, 11) is 0. The minimum absolute atomic E-state index is 0.0139. The van der Waals surface area contributed by atoms with Gasteiger partial charge >= 0.3 is 0 Å². The molecule has 0 unspecified atom stereocenters. The first-order valence-corrected chi connectivity index (χ1v) is 7.68. The number of rotatable bonds is 4. The Hall–Kier alpha value is -1.72. The summed E-state index contributed by atoms with van der Waals surface area (Å²) in [6, 6.07) is 6.77. The molecule has 1 aromatic rings. The van der Waals surface area contributed by atoms with E-state index in [0.717, 1.165) is 13.1 Å². The van der Waals surface area contributed by atoms with Crippen molar-refractivity contribution in [1.82, 2.24) is 4.90 Å². The second-order valence-electron chi connectivity index (χ2n) is 6.01. The highest BCUT2D eigenvalue weighted by atomic mass is 16.5. The van der Waals surface area contributed by atoms with Crippen LogP contribution in [0.5, 0.6) is 0 Å². The first-order valence-electron chi connectivity index (χ1n) is 7.68. The van der Waals surface area contributed by atoms with E-state index >= 15 is 0 Å². The van der Waals surface area contributed by atoms with Crippen molar-refractivity contribution in [1.29, 1.82) is 0 Å². The van der Waals surface area contributed by atoms with Gasteiger partial charge in [0.05, 0.1) is 18.2 Å². The Morgan fingerprint density at radius 3 is 2.50 bits per heavy atom. The monoisotopic (exact) mass is 304 g/mol. The molecule has 1 N–H and O–H groups in total. The summed E-state index contributed by atoms with van der Waals surface area (Å²) in [5.41, 5.74) is 1.25. The number of ketones is 1. The highest BCUT2D eigenvalue weighted by molar-refractivity contribution is 5.98. The lowest BCUT2D eigenvalue weighted by molar-refractivity contribution is -0.126. The number of ether oxygens (including phenoxy) is 1. The maximum atomic E-state index is 12.4. The van der Waals surface area contributed by atoms with E-state index in [1.54, 1.807) is 24.3 Å². The maximum Gasteiger partial charge on any atom is 0.241 e. The average Bonchev–Trinajstić information content (AvgIpc) is 2.45. The molecule has 0 aromatic heterocycles. The van der Waals surface area contributed by atoms with Crippen molar-refractivity contribution in [3.8, 4) is 0 Å². The molecule has 22 heavy (non-hydrogen) atoms. The van der Waals surface area contributed by atoms with Gasteiger partial charge < -0.3 is 10.1 Å². The number of carbonyl (C=O) groups is 2. The molecule has 0 bridgehead atoms. The minimum atomic E-state index is -0.241. The first kappa shape index (κ1) is 16.6. The molecule has 0 spiro atoms. The predicted octanol–water partition coefficient (Wildman–Crippen LogP) is 2.33. The summed E-state index contributed by atoms with van der Waals surface area (Å²) in [6.45, 7) is 8.93. The van der Waals surface area contributed by atoms with Crippen LogP contribution in [0.3, 0.4) is 0 Å². The van der Waals surface area contributed by atoms with Crippen molar-refractivity contribution < 1.29 is 14.3 Å². The van der Waals surface area contributed by atoms with Crippen LogP contribution >= 0.6 is 0 Å². The smallest absolute Gasteiger partial charge is 0.241 e. The normalized spacial score (nSPS) is 23.8. The van der Waals surface area contributed by atoms with Crippen LogP contribution in [0.4, 0.5) is 5.69 Å². The van der Waals surface area contributed by atoms with Crippen molar-refractivity contribution in [2.24, 2.45) is 0 Å². The predicted molar refractivity (Wildman–Crippen MR) is 86.1 cm³/mol. The van der Waals surface area contributed by atoms with Gasteiger partial charge in [-0.25, -0.2) is 0 Å². The van der Waals surface area contributed by atoms with E-state index in [2.05, 4.69) is 10.2 Å². The molecule has 1 aliphatic rings. The van der Waals surface area contributed by atoms with E-state index < -0.39 is 0 Å². The lowest BCUT2D eigenvalue weighted by Crippen LogP contribution is -2.52. The quantitative estimate of drug-likeness (QED) is 0.867. The number of carbonyl (C=O) groups excluding carboxylic acids is 2. The van der Waals surface area contributed by atoms with Gasteiger partial charge in [0.1, 0.15) is 0 Å². The van der Waals surface area contributed by atoms with Crippen LogP contribution in [0.25, 0.3) is 0 Å². The molecule has 3 atom stereocenters. The minimum Gasteiger partial charge on any atom is -0.373 e. The molecule has 120 valence electrons. The second kappa shape index (κ2) is 7.03. The second-order valence-corrected chi connectivity index (χ2v) is 6.01. The number of hydrogen-bond donors (Lipinski definition) is 1. The number of anilines is 1. The fourth-order valence-corrected chi connectivity index (χ4v) is 2.76. The fourth-order valence-electron chi connectivity index (χ4n) is 2.76. The number of hydrogen-bond acceptors (Lipinski definition) is 4. The summed E-state index contributed by atoms with van der Waals surface area (Å²) in [5, 5.41) is 2.89. The van der Waals surface area contributed by atoms with Crippen LogP contribution in [0.15, 0.2) is 24.3 Å². The van der Waals surface area contributed by atoms with Crippen LogP contribution in [0.2, 0.25) is 0 Å². The molecule has 1 aromatic carbocycles. The third-order valence-electron chi connectivity index (χ3n) is 3.91. The van der Waals surface area contributed by atoms with Gasteiger partial charge in [0.25, 0.3) is 0 Å². The van der Waals surface area contributed by atoms with Gasteiger partial charge in [0.2, 0.25) is 5.91 Å². The topological polar surface area (TPSA) is 58.6 Å². The molecule has 5 nitrogen and oxygen atoms in total. The number of amides is 1. The van der Waals surface area contributed by atoms with E-state index in [1.807, 2.05) is 20.8 Å². The molecular formula is C17H24N2O3. The molecule has 1 aliphatic heterocycles. The van der Waals surface area contributed by atoms with Crippen molar-refractivity contribution in [3.05, 3.63) is 29.8 Å². The Morgan fingerprint density at radius 2 is 1.91 bits per heavy atom. The van der Waals surface area contributed by atoms with Gasteiger partial charge in [0.15, 0.2) is 5.78 Å². The van der Waals surface area contributed by atoms with Crippen molar-refractivity contribution in [2.45, 2.75) is 45.9 Å². The third-order valence-corrected chi connectivity index (χ3v) is 3.91. The van der Waals surface area contributed by atoms with Crippen LogP contribution < -0.4 is 5.32 Å². The summed E-state index contributed by atoms with van der Waals surface area (Å²) in [4.78, 5) is 26.0. The number of benzene rings is 1. The van der Waals surface area contributed by atoms with E-state index in [9.17, 15) is 9.59 Å². The van der Waals surface area contributed by atoms with E-state index in [0.29, 0.717) is 11.3 Å². The Labute approximate surface area is 131 Å². The molecule has 0 radical (unpaired) electrons. The maximum absolute atomic E-state index is 12.4. The van der Waals surface area contributed by atoms with Gasteiger partial charge in [-0.1, -0.05) is 12.1 Å². The lowest BCUT2D eigenvalue weighted by Gasteiger charge is -2.38. The van der Waals surface area contributed by atoms with Gasteiger partial charge in [0, 0.05) is 24.3 Å². The van der Waals surface area contributed by atoms with Gasteiger partial charge in [-0.2, -0.15) is 0 Å². The van der Waals surface area contributed by atoms with Crippen LogP contribution in [-0.4, -0.2) is 47.9 Å². The molecule has 1 amide bonds. The summed E-state index contributed by atoms with van der Waals surface area (Å²) < 4.78 is 5.70. The van der Waals surface area contributed by atoms with Crippen molar-refractivity contribution in [3.63, 3.8) is 0 Å². The van der Waals surface area contributed by atoms with Crippen LogP contribution in [-0.2, 0) is 9.53 Å². The molecule has 2 rings (SSSR count). The summed E-state index contributed by atoms with van der Waals surface area (Å²) in [5.74, 6) is -0.0815. The highest BCUT2D eigenvalue weighted by Gasteiger charge is 2.29. The molecule has 0 aliphatic carbocycles. The Morgan fingerprint density at radius 1 is 1.27 bits per heavy atom. The average molecular weight is 304 g/mol. The fraction of sp³-hybridized carbons (Fsp3) is 0.529. The molecule has 1 heterocycles. The molecule has 1 saturated heterocycles. The largest absolute Gasteiger partial charge is 0.373 e. The van der Waals surface area contributed by atoms with Crippen LogP contribution in [0, 0.1) is 0 Å². The molecule has 1 fully saturated rings. The SMILES string of the molecule is CC(=O)c1cccc(NC(=O)[C@H](C)N2C[C@H](C)O[C@@H](C)C2)c1. The Bertz CT molecular complexity index is 549. The lowest BCUT2D eigenvalue weighted by atomic mass is 10.1. The summed E-state index contributed by atoms with van der Waals surface area (Å²) >= 11 is 0. The van der Waals surface area contributed by atoms with E-state index in [-0.39, 0.29) is 29.9 Å². The zero-order valence-electron chi connectivity index (χ0n) is 13.6. The summed E-state index contributed by atoms with van der Waals surface area (Å²) in [6.07, 6.45) is 0.250. The number of morpholine rings is 1. The first-order chi connectivity index (χ1) is 10.4. The molecular weight excluding hydrogens is 280 g/mol. The van der Waals surface area contributed by atoms with Gasteiger partial charge in [-0.3, -0.25) is 14.5 Å². The third kappa shape index (κ3) is 4.15. The van der Waals surface area contributed by atoms with Crippen molar-refractivity contribution >= 4 is 17.4 Å². The number of nitrogens with one attached hydrogen (secondary N) is 1. The number of nitrogens with zero attached hydrogens (tertiary/aromatic N) is 1. The van der Waals surface area contributed by atoms with Crippen LogP contribution in [0.1, 0.15) is 38.1 Å². The molecule has 0 saturated carbocycles. The van der Waals surface area contributed by atoms with E-state index in [4.69, 9.17) is 4.74 Å². The molecule has 5 heteroatoms. The Kier molecular flexibility index (Phi) is 5.32. The van der Waals surface area contributed by atoms with Gasteiger partial charge in [-0.05, 0) is 39.8 Å². The zero-order valence-corrected chi connectivity index (χ0v) is 13.6. The van der Waals surface area contributed by atoms with Crippen molar-refractivity contribution in [2.75, 3.05) is 18.4 Å². The Balaban J connectivity index is 2.02. The highest BCUT2D eigenvalue weighted by Crippen LogP contribution is 2.16. The standard InChI is InChI=1S/C17H24N2O3/c1-11-9-19(10-12(2)22-11)13(3)17(21)18-16-7-5-6-15(8-16)14(4)20/h5-8,11-13H,9-10H2,1-4H3,(H,18,21)/t11-,12-,13-/m0/s1. The van der Waals surface area contributed by atoms with Gasteiger partial charge in [-0.15, -0.1) is 0 Å². The zero-order chi connectivity index (χ0) is 16.3.